The van der Waals surface area contributed by atoms with E-state index in [2.05, 4.69) is 22.1 Å². The van der Waals surface area contributed by atoms with E-state index in [0.717, 1.165) is 23.6 Å². The van der Waals surface area contributed by atoms with Crippen LogP contribution < -0.4 is 0 Å². The molecule has 2 rings (SSSR count). The number of rotatable bonds is 7. The first-order valence-electron chi connectivity index (χ1n) is 6.87. The lowest BCUT2D eigenvalue weighted by molar-refractivity contribution is 0.623. The van der Waals surface area contributed by atoms with Crippen LogP contribution in [0.25, 0.3) is 11.4 Å². The van der Waals surface area contributed by atoms with Crippen molar-refractivity contribution >= 4 is 0 Å². The van der Waals surface area contributed by atoms with E-state index in [-0.39, 0.29) is 0 Å². The van der Waals surface area contributed by atoms with E-state index in [1.54, 1.807) is 0 Å². The fourth-order valence-corrected chi connectivity index (χ4v) is 2.02. The second kappa shape index (κ2) is 6.94. The summed E-state index contributed by atoms with van der Waals surface area (Å²) in [4.78, 5) is 4.53. The van der Waals surface area contributed by atoms with E-state index in [9.17, 15) is 0 Å². The number of H-pyrrole nitrogens is 1. The standard InChI is InChI=1S/C15H21N3/c1-2-3-4-5-9-12-14-16-15(18-17-14)13-10-7-6-8-11-13/h6-8,10-11H,2-5,9,12H2,1H3,(H,16,17,18). The Morgan fingerprint density at radius 1 is 1.00 bits per heavy atom. The van der Waals surface area contributed by atoms with Gasteiger partial charge < -0.3 is 0 Å². The van der Waals surface area contributed by atoms with E-state index in [0.29, 0.717) is 0 Å². The van der Waals surface area contributed by atoms with E-state index in [4.69, 9.17) is 0 Å². The van der Waals surface area contributed by atoms with Gasteiger partial charge in [-0.25, -0.2) is 4.98 Å². The highest BCUT2D eigenvalue weighted by molar-refractivity contribution is 5.53. The van der Waals surface area contributed by atoms with Crippen LogP contribution in [0.5, 0.6) is 0 Å². The summed E-state index contributed by atoms with van der Waals surface area (Å²) < 4.78 is 0. The van der Waals surface area contributed by atoms with Crippen molar-refractivity contribution in [2.75, 3.05) is 0 Å². The molecule has 0 spiro atoms. The Bertz CT molecular complexity index is 448. The lowest BCUT2D eigenvalue weighted by Crippen LogP contribution is -1.89. The van der Waals surface area contributed by atoms with Gasteiger partial charge in [0.25, 0.3) is 0 Å². The van der Waals surface area contributed by atoms with Crippen molar-refractivity contribution in [1.82, 2.24) is 15.2 Å². The highest BCUT2D eigenvalue weighted by Crippen LogP contribution is 2.14. The van der Waals surface area contributed by atoms with Gasteiger partial charge in [0.15, 0.2) is 5.82 Å². The zero-order valence-corrected chi connectivity index (χ0v) is 11.0. The van der Waals surface area contributed by atoms with Gasteiger partial charge in [-0.1, -0.05) is 62.9 Å². The molecule has 1 heterocycles. The summed E-state index contributed by atoms with van der Waals surface area (Å²) in [6.45, 7) is 2.24. The molecule has 0 saturated heterocycles. The van der Waals surface area contributed by atoms with Gasteiger partial charge in [0, 0.05) is 12.0 Å². The third-order valence-electron chi connectivity index (χ3n) is 3.08. The number of aromatic nitrogens is 3. The fourth-order valence-electron chi connectivity index (χ4n) is 2.02. The normalized spacial score (nSPS) is 10.7. The molecule has 0 bridgehead atoms. The molecule has 1 aromatic heterocycles. The second-order valence-corrected chi connectivity index (χ2v) is 4.64. The monoisotopic (exact) mass is 243 g/mol. The molecule has 0 fully saturated rings. The van der Waals surface area contributed by atoms with Crippen molar-refractivity contribution in [3.05, 3.63) is 36.2 Å². The number of nitrogens with one attached hydrogen (secondary N) is 1. The molecule has 96 valence electrons. The highest BCUT2D eigenvalue weighted by Gasteiger charge is 2.04. The molecule has 0 atom stereocenters. The van der Waals surface area contributed by atoms with Crippen molar-refractivity contribution < 1.29 is 0 Å². The Hall–Kier alpha value is -1.64. The lowest BCUT2D eigenvalue weighted by Gasteiger charge is -1.97. The number of hydrogen-bond acceptors (Lipinski definition) is 2. The first-order chi connectivity index (χ1) is 8.90. The van der Waals surface area contributed by atoms with Gasteiger partial charge in [-0.3, -0.25) is 5.10 Å². The zero-order valence-electron chi connectivity index (χ0n) is 11.0. The summed E-state index contributed by atoms with van der Waals surface area (Å²) in [6, 6.07) is 10.1. The topological polar surface area (TPSA) is 41.6 Å². The molecule has 18 heavy (non-hydrogen) atoms. The third-order valence-corrected chi connectivity index (χ3v) is 3.08. The molecule has 0 aliphatic heterocycles. The second-order valence-electron chi connectivity index (χ2n) is 4.64. The molecule has 1 aromatic carbocycles. The average molecular weight is 243 g/mol. The maximum atomic E-state index is 4.53. The van der Waals surface area contributed by atoms with Gasteiger partial charge >= 0.3 is 0 Å². The van der Waals surface area contributed by atoms with Gasteiger partial charge in [0.1, 0.15) is 5.82 Å². The minimum atomic E-state index is 0.805. The molecule has 0 amide bonds. The molecule has 0 unspecified atom stereocenters. The molecule has 3 nitrogen and oxygen atoms in total. The van der Waals surface area contributed by atoms with Gasteiger partial charge in [0.05, 0.1) is 0 Å². The van der Waals surface area contributed by atoms with Crippen LogP contribution in [0.4, 0.5) is 0 Å². The maximum Gasteiger partial charge on any atom is 0.181 e. The predicted molar refractivity (Wildman–Crippen MR) is 74.3 cm³/mol. The molecular formula is C15H21N3. The van der Waals surface area contributed by atoms with Crippen LogP contribution in [0, 0.1) is 0 Å². The van der Waals surface area contributed by atoms with Crippen LogP contribution in [-0.4, -0.2) is 15.2 Å². The van der Waals surface area contributed by atoms with E-state index in [1.807, 2.05) is 30.3 Å². The zero-order chi connectivity index (χ0) is 12.6. The van der Waals surface area contributed by atoms with Crippen molar-refractivity contribution in [3.63, 3.8) is 0 Å². The first kappa shape index (κ1) is 12.8. The van der Waals surface area contributed by atoms with Crippen LogP contribution in [0.1, 0.15) is 44.9 Å². The maximum absolute atomic E-state index is 4.53. The van der Waals surface area contributed by atoms with Crippen LogP contribution >= 0.6 is 0 Å². The minimum absolute atomic E-state index is 0.805. The van der Waals surface area contributed by atoms with Gasteiger partial charge in [0.2, 0.25) is 0 Å². The summed E-state index contributed by atoms with van der Waals surface area (Å²) in [7, 11) is 0. The quantitative estimate of drug-likeness (QED) is 0.747. The summed E-state index contributed by atoms with van der Waals surface area (Å²) in [5.41, 5.74) is 1.07. The molecule has 2 aromatic rings. The summed E-state index contributed by atoms with van der Waals surface area (Å²) in [6.07, 6.45) is 7.45. The Kier molecular flexibility index (Phi) is 4.94. The van der Waals surface area contributed by atoms with E-state index >= 15 is 0 Å². The lowest BCUT2D eigenvalue weighted by atomic mass is 10.1. The Labute approximate surface area is 109 Å². The van der Waals surface area contributed by atoms with E-state index in [1.165, 1.54) is 32.1 Å². The largest absolute Gasteiger partial charge is 0.263 e. The summed E-state index contributed by atoms with van der Waals surface area (Å²) >= 11 is 0. The van der Waals surface area contributed by atoms with Crippen LogP contribution in [0.3, 0.4) is 0 Å². The Morgan fingerprint density at radius 2 is 1.78 bits per heavy atom. The molecule has 0 aliphatic carbocycles. The smallest absolute Gasteiger partial charge is 0.181 e. The predicted octanol–water partition coefficient (Wildman–Crippen LogP) is 3.98. The Morgan fingerprint density at radius 3 is 2.56 bits per heavy atom. The number of hydrogen-bond donors (Lipinski definition) is 1. The number of benzene rings is 1. The van der Waals surface area contributed by atoms with Gasteiger partial charge in [-0.2, -0.15) is 5.10 Å². The van der Waals surface area contributed by atoms with Crippen molar-refractivity contribution in [3.8, 4) is 11.4 Å². The SMILES string of the molecule is CCCCCCCc1nc(-c2ccccc2)n[nH]1. The average Bonchev–Trinajstić information content (AvgIpc) is 2.88. The molecular weight excluding hydrogens is 222 g/mol. The molecule has 0 saturated carbocycles. The van der Waals surface area contributed by atoms with Crippen LogP contribution in [0.15, 0.2) is 30.3 Å². The molecule has 3 heteroatoms. The van der Waals surface area contributed by atoms with Crippen molar-refractivity contribution in [2.24, 2.45) is 0 Å². The van der Waals surface area contributed by atoms with Gasteiger partial charge in [-0.15, -0.1) is 0 Å². The minimum Gasteiger partial charge on any atom is -0.263 e. The number of aromatic amines is 1. The van der Waals surface area contributed by atoms with Crippen molar-refractivity contribution in [1.29, 1.82) is 0 Å². The molecule has 0 aliphatic rings. The van der Waals surface area contributed by atoms with Gasteiger partial charge in [-0.05, 0) is 6.42 Å². The van der Waals surface area contributed by atoms with Crippen LogP contribution in [0.2, 0.25) is 0 Å². The fraction of sp³-hybridized carbons (Fsp3) is 0.467. The highest BCUT2D eigenvalue weighted by atomic mass is 15.2. The number of unbranched alkanes of at least 4 members (excludes halogenated alkanes) is 4. The number of nitrogens with zero attached hydrogens (tertiary/aromatic N) is 2. The van der Waals surface area contributed by atoms with E-state index < -0.39 is 0 Å². The summed E-state index contributed by atoms with van der Waals surface area (Å²) in [5, 5.41) is 7.30. The Balaban J connectivity index is 1.83. The third kappa shape index (κ3) is 3.69. The molecule has 1 N–H and O–H groups in total. The number of aryl methyl sites for hydroxylation is 1. The summed E-state index contributed by atoms with van der Waals surface area (Å²) in [5.74, 6) is 1.81. The first-order valence-corrected chi connectivity index (χ1v) is 6.87. The molecule has 0 radical (unpaired) electrons. The van der Waals surface area contributed by atoms with Crippen molar-refractivity contribution in [2.45, 2.75) is 45.4 Å². The van der Waals surface area contributed by atoms with Crippen LogP contribution in [-0.2, 0) is 6.42 Å².